The molecule has 27 heavy (non-hydrogen) atoms. The predicted molar refractivity (Wildman–Crippen MR) is 105 cm³/mol. The second-order valence-electron chi connectivity index (χ2n) is 7.69. The number of aryl methyl sites for hydroxylation is 1. The van der Waals surface area contributed by atoms with Gasteiger partial charge in [0.15, 0.2) is 5.78 Å². The Balaban J connectivity index is 1.40. The Kier molecular flexibility index (Phi) is 4.83. The van der Waals surface area contributed by atoms with Gasteiger partial charge < -0.3 is 10.1 Å². The predicted octanol–water partition coefficient (Wildman–Crippen LogP) is 4.03. The van der Waals surface area contributed by atoms with Crippen molar-refractivity contribution < 1.29 is 14.3 Å². The van der Waals surface area contributed by atoms with E-state index in [4.69, 9.17) is 4.74 Å². The molecular formula is C23H25NO3. The molecule has 1 amide bonds. The standard InChI is InChI=1S/C23H25NO3/c1-2-27-15-23(11-12-23)14-24-22(26)17-5-3-16(4-6-17)18-7-9-20-19(13-18)8-10-21(20)25/h3-7,9,13H,2,8,10-12,14-15H2,1H3,(H,24,26). The van der Waals surface area contributed by atoms with Gasteiger partial charge in [0.2, 0.25) is 0 Å². The summed E-state index contributed by atoms with van der Waals surface area (Å²) >= 11 is 0. The van der Waals surface area contributed by atoms with Crippen molar-refractivity contribution in [1.82, 2.24) is 5.32 Å². The van der Waals surface area contributed by atoms with Crippen LogP contribution in [-0.4, -0.2) is 31.4 Å². The summed E-state index contributed by atoms with van der Waals surface area (Å²) in [6, 6.07) is 13.7. The molecule has 0 aromatic heterocycles. The Morgan fingerprint density at radius 2 is 1.81 bits per heavy atom. The van der Waals surface area contributed by atoms with Crippen LogP contribution < -0.4 is 5.32 Å². The summed E-state index contributed by atoms with van der Waals surface area (Å²) in [5.74, 6) is 0.199. The van der Waals surface area contributed by atoms with Gasteiger partial charge in [-0.05, 0) is 55.0 Å². The number of Topliss-reactive ketones (excluding diaryl/α,β-unsaturated/α-hetero) is 1. The average Bonchev–Trinajstić information content (AvgIpc) is 3.39. The molecule has 2 aliphatic rings. The number of carbonyl (C=O) groups excluding carboxylic acids is 2. The van der Waals surface area contributed by atoms with Crippen molar-refractivity contribution in [2.75, 3.05) is 19.8 Å². The normalized spacial score (nSPS) is 16.9. The van der Waals surface area contributed by atoms with Crippen molar-refractivity contribution in [2.45, 2.75) is 32.6 Å². The van der Waals surface area contributed by atoms with Crippen LogP contribution in [0.4, 0.5) is 0 Å². The molecule has 0 bridgehead atoms. The van der Waals surface area contributed by atoms with E-state index in [1.54, 1.807) is 0 Å². The molecule has 2 aromatic rings. The zero-order valence-corrected chi connectivity index (χ0v) is 15.7. The number of fused-ring (bicyclic) bond motifs is 1. The van der Waals surface area contributed by atoms with Crippen molar-refractivity contribution >= 4 is 11.7 Å². The van der Waals surface area contributed by atoms with Gasteiger partial charge in [-0.15, -0.1) is 0 Å². The van der Waals surface area contributed by atoms with Crippen molar-refractivity contribution in [3.8, 4) is 11.1 Å². The van der Waals surface area contributed by atoms with Crippen LogP contribution in [0.5, 0.6) is 0 Å². The first kappa shape index (κ1) is 17.9. The lowest BCUT2D eigenvalue weighted by Crippen LogP contribution is -2.32. The van der Waals surface area contributed by atoms with Crippen molar-refractivity contribution in [3.05, 3.63) is 59.2 Å². The quantitative estimate of drug-likeness (QED) is 0.808. The van der Waals surface area contributed by atoms with Gasteiger partial charge in [0, 0.05) is 36.1 Å². The molecule has 4 rings (SSSR count). The molecule has 0 unspecified atom stereocenters. The van der Waals surface area contributed by atoms with Gasteiger partial charge in [-0.25, -0.2) is 0 Å². The second kappa shape index (κ2) is 7.28. The summed E-state index contributed by atoms with van der Waals surface area (Å²) in [4.78, 5) is 24.2. The first-order chi connectivity index (χ1) is 13.1. The van der Waals surface area contributed by atoms with E-state index in [0.29, 0.717) is 25.1 Å². The summed E-state index contributed by atoms with van der Waals surface area (Å²) in [5, 5.41) is 3.05. The van der Waals surface area contributed by atoms with Gasteiger partial charge >= 0.3 is 0 Å². The zero-order valence-electron chi connectivity index (χ0n) is 15.7. The Hall–Kier alpha value is -2.46. The number of rotatable bonds is 7. The molecule has 2 aromatic carbocycles. The largest absolute Gasteiger partial charge is 0.381 e. The lowest BCUT2D eigenvalue weighted by molar-refractivity contribution is 0.0864. The molecule has 0 spiro atoms. The van der Waals surface area contributed by atoms with Crippen LogP contribution >= 0.6 is 0 Å². The molecule has 0 heterocycles. The van der Waals surface area contributed by atoms with E-state index in [9.17, 15) is 9.59 Å². The minimum Gasteiger partial charge on any atom is -0.381 e. The highest BCUT2D eigenvalue weighted by Gasteiger charge is 2.42. The fraction of sp³-hybridized carbons (Fsp3) is 0.391. The molecule has 2 aliphatic carbocycles. The van der Waals surface area contributed by atoms with E-state index in [0.717, 1.165) is 48.1 Å². The molecule has 0 aliphatic heterocycles. The van der Waals surface area contributed by atoms with E-state index < -0.39 is 0 Å². The number of hydrogen-bond acceptors (Lipinski definition) is 3. The molecule has 140 valence electrons. The monoisotopic (exact) mass is 363 g/mol. The summed E-state index contributed by atoms with van der Waals surface area (Å²) in [5.41, 5.74) is 4.95. The van der Waals surface area contributed by atoms with Crippen LogP contribution in [0.3, 0.4) is 0 Å². The van der Waals surface area contributed by atoms with Crippen LogP contribution in [0.25, 0.3) is 11.1 Å². The van der Waals surface area contributed by atoms with Gasteiger partial charge in [0.05, 0.1) is 6.61 Å². The topological polar surface area (TPSA) is 55.4 Å². The Morgan fingerprint density at radius 3 is 2.52 bits per heavy atom. The van der Waals surface area contributed by atoms with Crippen LogP contribution in [-0.2, 0) is 11.2 Å². The second-order valence-corrected chi connectivity index (χ2v) is 7.69. The maximum atomic E-state index is 12.4. The van der Waals surface area contributed by atoms with E-state index in [1.165, 1.54) is 0 Å². The van der Waals surface area contributed by atoms with Gasteiger partial charge in [0.1, 0.15) is 0 Å². The highest BCUT2D eigenvalue weighted by atomic mass is 16.5. The fourth-order valence-electron chi connectivity index (χ4n) is 3.69. The van der Waals surface area contributed by atoms with E-state index in [1.807, 2.05) is 43.3 Å². The molecular weight excluding hydrogens is 338 g/mol. The van der Waals surface area contributed by atoms with Gasteiger partial charge in [-0.2, -0.15) is 0 Å². The van der Waals surface area contributed by atoms with Gasteiger partial charge in [-0.3, -0.25) is 9.59 Å². The molecule has 1 N–H and O–H groups in total. The van der Waals surface area contributed by atoms with Crippen LogP contribution in [0, 0.1) is 5.41 Å². The van der Waals surface area contributed by atoms with E-state index in [-0.39, 0.29) is 17.1 Å². The smallest absolute Gasteiger partial charge is 0.251 e. The number of ketones is 1. The van der Waals surface area contributed by atoms with E-state index in [2.05, 4.69) is 11.4 Å². The summed E-state index contributed by atoms with van der Waals surface area (Å²) in [7, 11) is 0. The third kappa shape index (κ3) is 3.81. The van der Waals surface area contributed by atoms with Crippen molar-refractivity contribution in [2.24, 2.45) is 5.41 Å². The minimum atomic E-state index is -0.0381. The molecule has 0 saturated heterocycles. The highest BCUT2D eigenvalue weighted by Crippen LogP contribution is 2.45. The number of ether oxygens (including phenoxy) is 1. The third-order valence-electron chi connectivity index (χ3n) is 5.70. The van der Waals surface area contributed by atoms with Crippen molar-refractivity contribution in [1.29, 1.82) is 0 Å². The average molecular weight is 363 g/mol. The van der Waals surface area contributed by atoms with Crippen LogP contribution in [0.1, 0.15) is 52.5 Å². The Bertz CT molecular complexity index is 866. The maximum absolute atomic E-state index is 12.4. The van der Waals surface area contributed by atoms with Crippen molar-refractivity contribution in [3.63, 3.8) is 0 Å². The first-order valence-electron chi connectivity index (χ1n) is 9.73. The minimum absolute atomic E-state index is 0.0381. The highest BCUT2D eigenvalue weighted by molar-refractivity contribution is 6.01. The van der Waals surface area contributed by atoms with Gasteiger partial charge in [-0.1, -0.05) is 30.3 Å². The number of amides is 1. The van der Waals surface area contributed by atoms with Gasteiger partial charge in [0.25, 0.3) is 5.91 Å². The summed E-state index contributed by atoms with van der Waals surface area (Å²) in [6.07, 6.45) is 3.68. The Labute approximate surface area is 159 Å². The number of benzene rings is 2. The SMILES string of the molecule is CCOCC1(CNC(=O)c2ccc(-c3ccc4c(c3)CCC4=O)cc2)CC1. The molecule has 4 heteroatoms. The number of nitrogens with one attached hydrogen (secondary N) is 1. The molecule has 0 atom stereocenters. The number of carbonyl (C=O) groups is 2. The summed E-state index contributed by atoms with van der Waals surface area (Å²) < 4.78 is 5.53. The Morgan fingerprint density at radius 1 is 1.07 bits per heavy atom. The summed E-state index contributed by atoms with van der Waals surface area (Å²) in [6.45, 7) is 4.11. The van der Waals surface area contributed by atoms with Crippen LogP contribution in [0.2, 0.25) is 0 Å². The van der Waals surface area contributed by atoms with E-state index >= 15 is 0 Å². The first-order valence-corrected chi connectivity index (χ1v) is 9.73. The molecule has 0 radical (unpaired) electrons. The molecule has 1 fully saturated rings. The third-order valence-corrected chi connectivity index (χ3v) is 5.70. The zero-order chi connectivity index (χ0) is 18.9. The maximum Gasteiger partial charge on any atom is 0.251 e. The molecule has 1 saturated carbocycles. The number of hydrogen-bond donors (Lipinski definition) is 1. The fourth-order valence-corrected chi connectivity index (χ4v) is 3.69. The lowest BCUT2D eigenvalue weighted by atomic mass is 9.99. The van der Waals surface area contributed by atoms with Crippen LogP contribution in [0.15, 0.2) is 42.5 Å². The lowest BCUT2D eigenvalue weighted by Gasteiger charge is -2.16. The molecule has 4 nitrogen and oxygen atoms in total.